The van der Waals surface area contributed by atoms with Gasteiger partial charge < -0.3 is 4.74 Å². The maximum Gasteiger partial charge on any atom is 0.334 e. The topological polar surface area (TPSA) is 81.4 Å². The third-order valence-corrected chi connectivity index (χ3v) is 2.20. The van der Waals surface area contributed by atoms with Crippen LogP contribution in [0.1, 0.15) is 0 Å². The number of hydrogen-bond acceptors (Lipinski definition) is 5. The fourth-order valence-corrected chi connectivity index (χ4v) is 1.27. The van der Waals surface area contributed by atoms with Gasteiger partial charge in [0, 0.05) is 0 Å². The summed E-state index contributed by atoms with van der Waals surface area (Å²) in [5.74, 6) is -2.29. The van der Waals surface area contributed by atoms with Gasteiger partial charge >= 0.3 is 17.8 Å². The molecule has 8 heteroatoms. The minimum atomic E-state index is -3.58. The molecule has 0 aliphatic rings. The lowest BCUT2D eigenvalue weighted by molar-refractivity contribution is -0.142. The van der Waals surface area contributed by atoms with Crippen LogP contribution in [0.5, 0.6) is 0 Å². The number of halogens is 2. The lowest BCUT2D eigenvalue weighted by Crippen LogP contribution is -2.45. The van der Waals surface area contributed by atoms with E-state index in [1.165, 1.54) is 5.43 Å². The highest BCUT2D eigenvalue weighted by Crippen LogP contribution is 2.19. The molecule has 0 heterocycles. The standard InChI is InChI=1S/C6H10F2N2O3S/c1-13-4(11)2-14-3-6(7,8)5(12)10-9/h2-3,9H2,1H3,(H,10,12). The molecule has 14 heavy (non-hydrogen) atoms. The van der Waals surface area contributed by atoms with Crippen LogP contribution in [-0.2, 0) is 14.3 Å². The van der Waals surface area contributed by atoms with E-state index in [1.54, 1.807) is 0 Å². The summed E-state index contributed by atoms with van der Waals surface area (Å²) in [6, 6.07) is 0. The van der Waals surface area contributed by atoms with Crippen molar-refractivity contribution >= 4 is 23.6 Å². The van der Waals surface area contributed by atoms with Crippen LogP contribution >= 0.6 is 11.8 Å². The van der Waals surface area contributed by atoms with Crippen molar-refractivity contribution < 1.29 is 23.1 Å². The van der Waals surface area contributed by atoms with Crippen molar-refractivity contribution in [1.82, 2.24) is 5.43 Å². The van der Waals surface area contributed by atoms with Crippen LogP contribution in [0.25, 0.3) is 0 Å². The molecule has 0 radical (unpaired) electrons. The first-order valence-electron chi connectivity index (χ1n) is 3.47. The van der Waals surface area contributed by atoms with Gasteiger partial charge in [0.15, 0.2) is 0 Å². The van der Waals surface area contributed by atoms with Crippen LogP contribution in [0.2, 0.25) is 0 Å². The number of esters is 1. The zero-order valence-electron chi connectivity index (χ0n) is 7.38. The minimum Gasteiger partial charge on any atom is -0.468 e. The summed E-state index contributed by atoms with van der Waals surface area (Å²) in [7, 11) is 1.15. The summed E-state index contributed by atoms with van der Waals surface area (Å²) < 4.78 is 29.6. The number of hydrogen-bond donors (Lipinski definition) is 2. The van der Waals surface area contributed by atoms with Crippen molar-refractivity contribution in [3.05, 3.63) is 0 Å². The van der Waals surface area contributed by atoms with Crippen LogP contribution in [0.15, 0.2) is 0 Å². The highest BCUT2D eigenvalue weighted by molar-refractivity contribution is 8.00. The predicted octanol–water partition coefficient (Wildman–Crippen LogP) is -0.482. The number of carbonyl (C=O) groups is 2. The van der Waals surface area contributed by atoms with E-state index < -0.39 is 23.6 Å². The number of ether oxygens (including phenoxy) is 1. The van der Waals surface area contributed by atoms with E-state index in [0.29, 0.717) is 11.8 Å². The third-order valence-electron chi connectivity index (χ3n) is 1.19. The van der Waals surface area contributed by atoms with Gasteiger partial charge in [-0.3, -0.25) is 15.0 Å². The monoisotopic (exact) mass is 228 g/mol. The van der Waals surface area contributed by atoms with Gasteiger partial charge in [-0.1, -0.05) is 0 Å². The molecule has 1 amide bonds. The highest BCUT2D eigenvalue weighted by atomic mass is 32.2. The number of hydrazine groups is 1. The van der Waals surface area contributed by atoms with E-state index >= 15 is 0 Å². The molecule has 0 aliphatic heterocycles. The van der Waals surface area contributed by atoms with Crippen LogP contribution < -0.4 is 11.3 Å². The van der Waals surface area contributed by atoms with E-state index in [4.69, 9.17) is 0 Å². The molecule has 0 fully saturated rings. The first-order chi connectivity index (χ1) is 6.44. The zero-order chi connectivity index (χ0) is 11.2. The molecule has 0 aromatic rings. The molecule has 0 aliphatic carbocycles. The third kappa shape index (κ3) is 4.38. The lowest BCUT2D eigenvalue weighted by atomic mass is 10.4. The van der Waals surface area contributed by atoms with Gasteiger partial charge in [-0.25, -0.2) is 5.84 Å². The van der Waals surface area contributed by atoms with Crippen molar-refractivity contribution in [1.29, 1.82) is 0 Å². The SMILES string of the molecule is COC(=O)CSCC(F)(F)C(=O)NN. The summed E-state index contributed by atoms with van der Waals surface area (Å²) >= 11 is 0.596. The number of carbonyl (C=O) groups excluding carboxylic acids is 2. The average Bonchev–Trinajstić information content (AvgIpc) is 2.15. The number of alkyl halides is 2. The van der Waals surface area contributed by atoms with Gasteiger partial charge in [-0.05, 0) is 0 Å². The Bertz CT molecular complexity index is 225. The molecule has 0 aromatic heterocycles. The molecule has 0 rings (SSSR count). The number of rotatable bonds is 5. The number of thioether (sulfide) groups is 1. The first kappa shape index (κ1) is 13.1. The van der Waals surface area contributed by atoms with Crippen molar-refractivity contribution in [2.45, 2.75) is 5.92 Å². The first-order valence-corrected chi connectivity index (χ1v) is 4.63. The molecule has 5 nitrogen and oxygen atoms in total. The molecule has 0 bridgehead atoms. The van der Waals surface area contributed by atoms with Gasteiger partial charge in [0.2, 0.25) is 0 Å². The van der Waals surface area contributed by atoms with Gasteiger partial charge in [-0.15, -0.1) is 11.8 Å². The molecular formula is C6H10F2N2O3S. The van der Waals surface area contributed by atoms with Gasteiger partial charge in [-0.2, -0.15) is 8.78 Å². The largest absolute Gasteiger partial charge is 0.468 e. The van der Waals surface area contributed by atoms with Crippen molar-refractivity contribution in [2.24, 2.45) is 5.84 Å². The van der Waals surface area contributed by atoms with E-state index in [-0.39, 0.29) is 5.75 Å². The molecule has 0 atom stereocenters. The van der Waals surface area contributed by atoms with E-state index in [1.807, 2.05) is 0 Å². The van der Waals surface area contributed by atoms with Gasteiger partial charge in [0.25, 0.3) is 0 Å². The molecule has 0 unspecified atom stereocenters. The van der Waals surface area contributed by atoms with Crippen molar-refractivity contribution in [3.8, 4) is 0 Å². The fraction of sp³-hybridized carbons (Fsp3) is 0.667. The molecule has 3 N–H and O–H groups in total. The zero-order valence-corrected chi connectivity index (χ0v) is 8.20. The van der Waals surface area contributed by atoms with E-state index in [0.717, 1.165) is 7.11 Å². The predicted molar refractivity (Wildman–Crippen MR) is 46.6 cm³/mol. The Morgan fingerprint density at radius 3 is 2.57 bits per heavy atom. The summed E-state index contributed by atoms with van der Waals surface area (Å²) in [6.45, 7) is 0. The normalized spacial score (nSPS) is 10.9. The summed E-state index contributed by atoms with van der Waals surface area (Å²) in [6.07, 6.45) is 0. The minimum absolute atomic E-state index is 0.232. The highest BCUT2D eigenvalue weighted by Gasteiger charge is 2.38. The summed E-state index contributed by atoms with van der Waals surface area (Å²) in [4.78, 5) is 21.0. The summed E-state index contributed by atoms with van der Waals surface area (Å²) in [5, 5.41) is 0. The average molecular weight is 228 g/mol. The Labute approximate surface area is 83.3 Å². The summed E-state index contributed by atoms with van der Waals surface area (Å²) in [5.41, 5.74) is 1.34. The second-order valence-electron chi connectivity index (χ2n) is 2.25. The smallest absolute Gasteiger partial charge is 0.334 e. The quantitative estimate of drug-likeness (QED) is 0.287. The van der Waals surface area contributed by atoms with Crippen molar-refractivity contribution in [3.63, 3.8) is 0 Å². The van der Waals surface area contributed by atoms with E-state index in [9.17, 15) is 18.4 Å². The van der Waals surface area contributed by atoms with Gasteiger partial charge in [0.1, 0.15) is 0 Å². The molecular weight excluding hydrogens is 218 g/mol. The maximum absolute atomic E-state index is 12.7. The second-order valence-corrected chi connectivity index (χ2v) is 3.23. The lowest BCUT2D eigenvalue weighted by Gasteiger charge is -2.12. The Kier molecular flexibility index (Phi) is 5.39. The Hall–Kier alpha value is -0.890. The maximum atomic E-state index is 12.7. The molecule has 0 saturated heterocycles. The van der Waals surface area contributed by atoms with Crippen LogP contribution in [0.3, 0.4) is 0 Å². The second kappa shape index (κ2) is 5.76. The Morgan fingerprint density at radius 2 is 2.14 bits per heavy atom. The van der Waals surface area contributed by atoms with Crippen LogP contribution in [0, 0.1) is 0 Å². The van der Waals surface area contributed by atoms with Crippen molar-refractivity contribution in [2.75, 3.05) is 18.6 Å². The molecule has 0 aromatic carbocycles. The Balaban J connectivity index is 3.88. The van der Waals surface area contributed by atoms with Crippen LogP contribution in [-0.4, -0.2) is 36.4 Å². The number of methoxy groups -OCH3 is 1. The molecule has 0 spiro atoms. The fourth-order valence-electron chi connectivity index (χ4n) is 0.493. The number of nitrogens with one attached hydrogen (secondary N) is 1. The van der Waals surface area contributed by atoms with E-state index in [2.05, 4.69) is 10.6 Å². The Morgan fingerprint density at radius 1 is 1.57 bits per heavy atom. The number of amides is 1. The number of nitrogens with two attached hydrogens (primary N) is 1. The van der Waals surface area contributed by atoms with Gasteiger partial charge in [0.05, 0.1) is 18.6 Å². The van der Waals surface area contributed by atoms with Crippen LogP contribution in [0.4, 0.5) is 8.78 Å². The molecule has 0 saturated carbocycles. The molecule has 82 valence electrons.